The van der Waals surface area contributed by atoms with Gasteiger partial charge in [-0.15, -0.1) is 0 Å². The van der Waals surface area contributed by atoms with E-state index in [0.717, 1.165) is 19.6 Å². The molecule has 3 nitrogen and oxygen atoms in total. The second-order valence-corrected chi connectivity index (χ2v) is 5.68. The van der Waals surface area contributed by atoms with Crippen LogP contribution in [0.3, 0.4) is 0 Å². The molecule has 0 aliphatic carbocycles. The summed E-state index contributed by atoms with van der Waals surface area (Å²) >= 11 is 0. The van der Waals surface area contributed by atoms with Crippen molar-refractivity contribution in [3.05, 3.63) is 0 Å². The number of nitrogens with zero attached hydrogens (tertiary/aromatic N) is 1. The Kier molecular flexibility index (Phi) is 6.41. The van der Waals surface area contributed by atoms with Crippen molar-refractivity contribution < 1.29 is 5.11 Å². The van der Waals surface area contributed by atoms with Crippen LogP contribution in [0.2, 0.25) is 0 Å². The van der Waals surface area contributed by atoms with Gasteiger partial charge >= 0.3 is 0 Å². The van der Waals surface area contributed by atoms with E-state index in [4.69, 9.17) is 0 Å². The smallest absolute Gasteiger partial charge is 0.0718 e. The van der Waals surface area contributed by atoms with Crippen molar-refractivity contribution in [3.63, 3.8) is 0 Å². The molecule has 0 radical (unpaired) electrons. The van der Waals surface area contributed by atoms with Gasteiger partial charge in [0.05, 0.1) is 5.60 Å². The van der Waals surface area contributed by atoms with Crippen LogP contribution in [0.5, 0.6) is 0 Å². The molecule has 0 aliphatic rings. The molecule has 3 heteroatoms. The van der Waals surface area contributed by atoms with Gasteiger partial charge in [-0.3, -0.25) is 0 Å². The van der Waals surface area contributed by atoms with Crippen molar-refractivity contribution >= 4 is 0 Å². The summed E-state index contributed by atoms with van der Waals surface area (Å²) in [5, 5.41) is 13.1. The molecule has 1 atom stereocenters. The third-order valence-electron chi connectivity index (χ3n) is 2.15. The molecule has 92 valence electrons. The molecule has 0 bridgehead atoms. The molecule has 0 saturated heterocycles. The molecule has 0 amide bonds. The lowest BCUT2D eigenvalue weighted by molar-refractivity contribution is 0.0408. The Hall–Kier alpha value is -0.120. The summed E-state index contributed by atoms with van der Waals surface area (Å²) in [6.45, 7) is 13.0. The summed E-state index contributed by atoms with van der Waals surface area (Å²) in [7, 11) is 2.06. The lowest BCUT2D eigenvalue weighted by Gasteiger charge is -2.28. The Balaban J connectivity index is 3.71. The fourth-order valence-electron chi connectivity index (χ4n) is 1.76. The molecule has 15 heavy (non-hydrogen) atoms. The maximum atomic E-state index is 9.66. The first kappa shape index (κ1) is 14.9. The highest BCUT2D eigenvalue weighted by Crippen LogP contribution is 2.05. The minimum absolute atomic E-state index is 0.548. The van der Waals surface area contributed by atoms with Crippen LogP contribution in [-0.2, 0) is 0 Å². The molecule has 0 heterocycles. The zero-order chi connectivity index (χ0) is 12.1. The first-order valence-electron chi connectivity index (χ1n) is 5.85. The van der Waals surface area contributed by atoms with E-state index >= 15 is 0 Å². The van der Waals surface area contributed by atoms with Crippen molar-refractivity contribution in [2.45, 2.75) is 46.3 Å². The first-order chi connectivity index (χ1) is 6.70. The summed E-state index contributed by atoms with van der Waals surface area (Å²) in [5.41, 5.74) is -0.597. The number of hydrogen-bond acceptors (Lipinski definition) is 3. The first-order valence-corrected chi connectivity index (χ1v) is 5.85. The fraction of sp³-hybridized carbons (Fsp3) is 1.00. The summed E-state index contributed by atoms with van der Waals surface area (Å²) in [6, 6.07) is 0.548. The number of nitrogens with one attached hydrogen (secondary N) is 1. The highest BCUT2D eigenvalue weighted by atomic mass is 16.3. The molecular weight excluding hydrogens is 188 g/mol. The van der Waals surface area contributed by atoms with Crippen molar-refractivity contribution in [2.24, 2.45) is 5.92 Å². The standard InChI is InChI=1S/C12H28N2O/c1-10(2)13-7-11(3)8-14(6)9-12(4,5)15/h10-11,13,15H,7-9H2,1-6H3. The van der Waals surface area contributed by atoms with Crippen LogP contribution in [0.15, 0.2) is 0 Å². The summed E-state index contributed by atoms with van der Waals surface area (Å²) in [4.78, 5) is 2.19. The van der Waals surface area contributed by atoms with Gasteiger partial charge in [0.25, 0.3) is 0 Å². The molecule has 0 aromatic carbocycles. The zero-order valence-electron chi connectivity index (χ0n) is 11.2. The topological polar surface area (TPSA) is 35.5 Å². The van der Waals surface area contributed by atoms with Gasteiger partial charge in [0, 0.05) is 19.1 Å². The molecule has 0 spiro atoms. The van der Waals surface area contributed by atoms with Crippen molar-refractivity contribution in [2.75, 3.05) is 26.7 Å². The molecule has 0 aromatic heterocycles. The molecule has 1 unspecified atom stereocenters. The molecule has 0 saturated carbocycles. The second-order valence-electron chi connectivity index (χ2n) is 5.68. The maximum Gasteiger partial charge on any atom is 0.0718 e. The van der Waals surface area contributed by atoms with E-state index in [0.29, 0.717) is 12.0 Å². The maximum absolute atomic E-state index is 9.66. The van der Waals surface area contributed by atoms with Crippen molar-refractivity contribution in [1.82, 2.24) is 10.2 Å². The third kappa shape index (κ3) is 10.2. The lowest BCUT2D eigenvalue weighted by atomic mass is 10.1. The minimum Gasteiger partial charge on any atom is -0.389 e. The number of aliphatic hydroxyl groups is 1. The van der Waals surface area contributed by atoms with Gasteiger partial charge in [0.1, 0.15) is 0 Å². The van der Waals surface area contributed by atoms with Gasteiger partial charge in [-0.25, -0.2) is 0 Å². The Morgan fingerprint density at radius 1 is 1.27 bits per heavy atom. The summed E-state index contributed by atoms with van der Waals surface area (Å²) in [5.74, 6) is 0.611. The van der Waals surface area contributed by atoms with Gasteiger partial charge in [-0.2, -0.15) is 0 Å². The van der Waals surface area contributed by atoms with Crippen LogP contribution >= 0.6 is 0 Å². The summed E-state index contributed by atoms with van der Waals surface area (Å²) < 4.78 is 0. The largest absolute Gasteiger partial charge is 0.389 e. The zero-order valence-corrected chi connectivity index (χ0v) is 11.2. The van der Waals surface area contributed by atoms with Crippen LogP contribution in [0, 0.1) is 5.92 Å². The highest BCUT2D eigenvalue weighted by molar-refractivity contribution is 4.72. The van der Waals surface area contributed by atoms with E-state index in [1.807, 2.05) is 13.8 Å². The van der Waals surface area contributed by atoms with E-state index in [9.17, 15) is 5.11 Å². The van der Waals surface area contributed by atoms with E-state index in [-0.39, 0.29) is 0 Å². The van der Waals surface area contributed by atoms with Gasteiger partial charge in [-0.1, -0.05) is 20.8 Å². The molecule has 2 N–H and O–H groups in total. The number of rotatable bonds is 7. The van der Waals surface area contributed by atoms with Gasteiger partial charge in [0.2, 0.25) is 0 Å². The van der Waals surface area contributed by atoms with Crippen LogP contribution in [0.4, 0.5) is 0 Å². The predicted octanol–water partition coefficient (Wildman–Crippen LogP) is 1.32. The Morgan fingerprint density at radius 2 is 1.80 bits per heavy atom. The van der Waals surface area contributed by atoms with E-state index < -0.39 is 5.60 Å². The monoisotopic (exact) mass is 216 g/mol. The van der Waals surface area contributed by atoms with Gasteiger partial charge in [-0.05, 0) is 33.4 Å². The SMILES string of the molecule is CC(CNC(C)C)CN(C)CC(C)(C)O. The van der Waals surface area contributed by atoms with Crippen LogP contribution < -0.4 is 5.32 Å². The predicted molar refractivity (Wildman–Crippen MR) is 66.1 cm³/mol. The average molecular weight is 216 g/mol. The normalized spacial score (nSPS) is 15.0. The van der Waals surface area contributed by atoms with Gasteiger partial charge in [0.15, 0.2) is 0 Å². The van der Waals surface area contributed by atoms with E-state index in [1.54, 1.807) is 0 Å². The molecule has 0 aromatic rings. The quantitative estimate of drug-likeness (QED) is 0.674. The van der Waals surface area contributed by atoms with Crippen LogP contribution in [0.1, 0.15) is 34.6 Å². The number of hydrogen-bond donors (Lipinski definition) is 2. The van der Waals surface area contributed by atoms with E-state index in [1.165, 1.54) is 0 Å². The summed E-state index contributed by atoms with van der Waals surface area (Å²) in [6.07, 6.45) is 0. The third-order valence-corrected chi connectivity index (χ3v) is 2.15. The van der Waals surface area contributed by atoms with Crippen LogP contribution in [0.25, 0.3) is 0 Å². The van der Waals surface area contributed by atoms with Crippen molar-refractivity contribution in [1.29, 1.82) is 0 Å². The Morgan fingerprint density at radius 3 is 2.20 bits per heavy atom. The van der Waals surface area contributed by atoms with Crippen molar-refractivity contribution in [3.8, 4) is 0 Å². The minimum atomic E-state index is -0.597. The van der Waals surface area contributed by atoms with E-state index in [2.05, 4.69) is 38.0 Å². The van der Waals surface area contributed by atoms with Gasteiger partial charge < -0.3 is 15.3 Å². The van der Waals surface area contributed by atoms with Crippen LogP contribution in [-0.4, -0.2) is 48.3 Å². The number of likely N-dealkylation sites (N-methyl/N-ethyl adjacent to an activating group) is 1. The Bertz CT molecular complexity index is 163. The average Bonchev–Trinajstić information content (AvgIpc) is 1.96. The second kappa shape index (κ2) is 6.46. The molecular formula is C12H28N2O. The lowest BCUT2D eigenvalue weighted by Crippen LogP contribution is -2.40. The highest BCUT2D eigenvalue weighted by Gasteiger charge is 2.16. The Labute approximate surface area is 94.9 Å². The molecule has 0 aliphatic heterocycles. The fourth-order valence-corrected chi connectivity index (χ4v) is 1.76. The molecule has 0 rings (SSSR count). The molecule has 0 fully saturated rings.